The first-order valence-corrected chi connectivity index (χ1v) is 9.33. The Morgan fingerprint density at radius 3 is 2.77 bits per heavy atom. The Morgan fingerprint density at radius 1 is 1.45 bits per heavy atom. The highest BCUT2D eigenvalue weighted by molar-refractivity contribution is 9.10. The van der Waals surface area contributed by atoms with Crippen molar-refractivity contribution in [2.24, 2.45) is 0 Å². The molecule has 8 heteroatoms. The van der Waals surface area contributed by atoms with E-state index in [0.717, 1.165) is 12.8 Å². The van der Waals surface area contributed by atoms with E-state index in [1.54, 1.807) is 10.4 Å². The van der Waals surface area contributed by atoms with E-state index in [1.165, 1.54) is 19.1 Å². The first kappa shape index (κ1) is 17.4. The summed E-state index contributed by atoms with van der Waals surface area (Å²) < 4.78 is 27.7. The minimum atomic E-state index is -3.53. The Kier molecular flexibility index (Phi) is 5.60. The molecule has 1 atom stereocenters. The molecule has 0 aromatic heterocycles. The minimum Gasteiger partial charge on any atom is -0.325 e. The third-order valence-corrected chi connectivity index (χ3v) is 6.22. The minimum absolute atomic E-state index is 0.0104. The molecule has 0 saturated carbocycles. The molecule has 0 bridgehead atoms. The van der Waals surface area contributed by atoms with Gasteiger partial charge in [-0.05, 0) is 54.0 Å². The van der Waals surface area contributed by atoms with E-state index in [2.05, 4.69) is 26.6 Å². The normalized spacial score (nSPS) is 19.3. The average Bonchev–Trinajstić information content (AvgIpc) is 2.90. The summed E-state index contributed by atoms with van der Waals surface area (Å²) in [5.41, 5.74) is 0.555. The number of rotatable bonds is 5. The number of hydrogen-bond acceptors (Lipinski definition) is 4. The predicted molar refractivity (Wildman–Crippen MR) is 89.3 cm³/mol. The van der Waals surface area contributed by atoms with Crippen LogP contribution < -0.4 is 10.6 Å². The van der Waals surface area contributed by atoms with Crippen LogP contribution in [0.4, 0.5) is 5.69 Å². The summed E-state index contributed by atoms with van der Waals surface area (Å²) in [5.74, 6) is -0.204. The number of sulfonamides is 1. The van der Waals surface area contributed by atoms with Gasteiger partial charge < -0.3 is 10.6 Å². The van der Waals surface area contributed by atoms with Gasteiger partial charge in [-0.15, -0.1) is 0 Å². The van der Waals surface area contributed by atoms with Crippen molar-refractivity contribution in [3.63, 3.8) is 0 Å². The molecule has 1 aromatic carbocycles. The molecule has 0 spiro atoms. The second-order valence-corrected chi connectivity index (χ2v) is 8.04. The standard InChI is InChI=1S/C14H20BrN3O3S/c1-10(19)17-14-6-5-12(8-13(14)15)22(20,21)18-7-3-4-11(18)9-16-2/h5-6,8,11,16H,3-4,7,9H2,1-2H3,(H,17,19). The van der Waals surface area contributed by atoms with E-state index in [9.17, 15) is 13.2 Å². The smallest absolute Gasteiger partial charge is 0.243 e. The molecule has 122 valence electrons. The lowest BCUT2D eigenvalue weighted by Gasteiger charge is -2.24. The van der Waals surface area contributed by atoms with Crippen LogP contribution in [-0.4, -0.2) is 44.8 Å². The molecular weight excluding hydrogens is 370 g/mol. The molecular formula is C14H20BrN3O3S. The summed E-state index contributed by atoms with van der Waals surface area (Å²) in [6, 6.07) is 4.65. The first-order chi connectivity index (χ1) is 10.4. The number of nitrogens with one attached hydrogen (secondary N) is 2. The highest BCUT2D eigenvalue weighted by atomic mass is 79.9. The second-order valence-electron chi connectivity index (χ2n) is 5.29. The molecule has 1 aliphatic rings. The number of benzene rings is 1. The summed E-state index contributed by atoms with van der Waals surface area (Å²) in [7, 11) is -1.71. The van der Waals surface area contributed by atoms with Crippen molar-refractivity contribution in [1.82, 2.24) is 9.62 Å². The highest BCUT2D eigenvalue weighted by Crippen LogP contribution is 2.30. The zero-order valence-electron chi connectivity index (χ0n) is 12.6. The Morgan fingerprint density at radius 2 is 2.18 bits per heavy atom. The molecule has 0 aliphatic carbocycles. The van der Waals surface area contributed by atoms with Crippen LogP contribution in [0.15, 0.2) is 27.6 Å². The van der Waals surface area contributed by atoms with Crippen molar-refractivity contribution >= 4 is 37.5 Å². The van der Waals surface area contributed by atoms with Gasteiger partial charge in [0.25, 0.3) is 0 Å². The van der Waals surface area contributed by atoms with Crippen molar-refractivity contribution in [3.05, 3.63) is 22.7 Å². The molecule has 1 aliphatic heterocycles. The van der Waals surface area contributed by atoms with Crippen LogP contribution >= 0.6 is 15.9 Å². The largest absolute Gasteiger partial charge is 0.325 e. The fourth-order valence-corrected chi connectivity index (χ4v) is 5.00. The molecule has 0 radical (unpaired) electrons. The SMILES string of the molecule is CNCC1CCCN1S(=O)(=O)c1ccc(NC(C)=O)c(Br)c1. The molecule has 1 amide bonds. The van der Waals surface area contributed by atoms with E-state index in [4.69, 9.17) is 0 Å². The summed E-state index contributed by atoms with van der Waals surface area (Å²) in [6.07, 6.45) is 1.74. The number of amides is 1. The molecule has 1 heterocycles. The molecule has 1 saturated heterocycles. The quantitative estimate of drug-likeness (QED) is 0.804. The molecule has 1 aromatic rings. The van der Waals surface area contributed by atoms with Gasteiger partial charge in [0, 0.05) is 30.5 Å². The van der Waals surface area contributed by atoms with Gasteiger partial charge in [-0.1, -0.05) is 0 Å². The monoisotopic (exact) mass is 389 g/mol. The van der Waals surface area contributed by atoms with Crippen molar-refractivity contribution in [2.75, 3.05) is 25.5 Å². The lowest BCUT2D eigenvalue weighted by atomic mass is 10.2. The van der Waals surface area contributed by atoms with E-state index < -0.39 is 10.0 Å². The Bertz CT molecular complexity index is 663. The summed E-state index contributed by atoms with van der Waals surface area (Å²) in [6.45, 7) is 2.59. The van der Waals surface area contributed by atoms with Crippen LogP contribution in [-0.2, 0) is 14.8 Å². The maximum absolute atomic E-state index is 12.8. The van der Waals surface area contributed by atoms with E-state index in [1.807, 2.05) is 7.05 Å². The summed E-state index contributed by atoms with van der Waals surface area (Å²) >= 11 is 3.31. The summed E-state index contributed by atoms with van der Waals surface area (Å²) in [4.78, 5) is 11.3. The number of hydrogen-bond donors (Lipinski definition) is 2. The predicted octanol–water partition coefficient (Wildman–Crippen LogP) is 1.78. The van der Waals surface area contributed by atoms with E-state index in [0.29, 0.717) is 23.2 Å². The van der Waals surface area contributed by atoms with Crippen LogP contribution in [0.1, 0.15) is 19.8 Å². The van der Waals surface area contributed by atoms with Crippen LogP contribution in [0.3, 0.4) is 0 Å². The number of carbonyl (C=O) groups is 1. The molecule has 1 unspecified atom stereocenters. The van der Waals surface area contributed by atoms with Gasteiger partial charge in [0.2, 0.25) is 15.9 Å². The number of carbonyl (C=O) groups excluding carboxylic acids is 1. The van der Waals surface area contributed by atoms with Crippen molar-refractivity contribution < 1.29 is 13.2 Å². The lowest BCUT2D eigenvalue weighted by molar-refractivity contribution is -0.114. The maximum Gasteiger partial charge on any atom is 0.243 e. The van der Waals surface area contributed by atoms with Gasteiger partial charge in [0.1, 0.15) is 0 Å². The summed E-state index contributed by atoms with van der Waals surface area (Å²) in [5, 5.41) is 5.69. The molecule has 2 N–H and O–H groups in total. The van der Waals surface area contributed by atoms with Gasteiger partial charge in [-0.25, -0.2) is 8.42 Å². The van der Waals surface area contributed by atoms with Gasteiger partial charge in [0.15, 0.2) is 0 Å². The molecule has 1 fully saturated rings. The van der Waals surface area contributed by atoms with Gasteiger partial charge in [-0.2, -0.15) is 4.31 Å². The Labute approximate surface area is 139 Å². The van der Waals surface area contributed by atoms with Gasteiger partial charge in [-0.3, -0.25) is 4.79 Å². The lowest BCUT2D eigenvalue weighted by Crippen LogP contribution is -2.40. The number of likely N-dealkylation sites (N-methyl/N-ethyl adjacent to an activating group) is 1. The van der Waals surface area contributed by atoms with Gasteiger partial charge in [0.05, 0.1) is 10.6 Å². The number of halogens is 1. The average molecular weight is 390 g/mol. The van der Waals surface area contributed by atoms with Crippen LogP contribution in [0, 0.1) is 0 Å². The molecule has 2 rings (SSSR count). The van der Waals surface area contributed by atoms with Crippen LogP contribution in [0.25, 0.3) is 0 Å². The fourth-order valence-electron chi connectivity index (χ4n) is 2.65. The first-order valence-electron chi connectivity index (χ1n) is 7.10. The topological polar surface area (TPSA) is 78.5 Å². The fraction of sp³-hybridized carbons (Fsp3) is 0.500. The number of nitrogens with zero attached hydrogens (tertiary/aromatic N) is 1. The third-order valence-electron chi connectivity index (χ3n) is 3.62. The third kappa shape index (κ3) is 3.68. The second kappa shape index (κ2) is 7.08. The van der Waals surface area contributed by atoms with Crippen molar-refractivity contribution in [2.45, 2.75) is 30.7 Å². The van der Waals surface area contributed by atoms with Crippen LogP contribution in [0.5, 0.6) is 0 Å². The Hall–Kier alpha value is -0.960. The van der Waals surface area contributed by atoms with Crippen molar-refractivity contribution in [1.29, 1.82) is 0 Å². The maximum atomic E-state index is 12.8. The van der Waals surface area contributed by atoms with E-state index >= 15 is 0 Å². The zero-order chi connectivity index (χ0) is 16.3. The van der Waals surface area contributed by atoms with Crippen LogP contribution in [0.2, 0.25) is 0 Å². The van der Waals surface area contributed by atoms with Crippen molar-refractivity contribution in [3.8, 4) is 0 Å². The van der Waals surface area contributed by atoms with E-state index in [-0.39, 0.29) is 16.8 Å². The highest BCUT2D eigenvalue weighted by Gasteiger charge is 2.34. The Balaban J connectivity index is 2.29. The molecule has 6 nitrogen and oxygen atoms in total. The van der Waals surface area contributed by atoms with Gasteiger partial charge >= 0.3 is 0 Å². The zero-order valence-corrected chi connectivity index (χ0v) is 15.0. The number of anilines is 1. The molecule has 22 heavy (non-hydrogen) atoms.